The van der Waals surface area contributed by atoms with E-state index in [1.54, 1.807) is 0 Å². The lowest BCUT2D eigenvalue weighted by atomic mass is 10.1. The van der Waals surface area contributed by atoms with Crippen molar-refractivity contribution in [1.29, 1.82) is 0 Å². The highest BCUT2D eigenvalue weighted by atomic mass is 79.9. The van der Waals surface area contributed by atoms with Gasteiger partial charge in [0.05, 0.1) is 11.4 Å². The van der Waals surface area contributed by atoms with Gasteiger partial charge in [0.2, 0.25) is 5.95 Å². The maximum Gasteiger partial charge on any atom is 0.207 e. The fourth-order valence-corrected chi connectivity index (χ4v) is 2.52. The second kappa shape index (κ2) is 5.78. The van der Waals surface area contributed by atoms with Crippen molar-refractivity contribution in [1.82, 2.24) is 9.55 Å². The summed E-state index contributed by atoms with van der Waals surface area (Å²) in [7, 11) is 0. The standard InChI is InChI=1S/C15H20BrN3/c1-5-12-8-13(16)6-7-14(12)19-9-11(4)18-15(19)17-10(2)3/h6-10H,5H2,1-4H3,(H,17,18). The summed E-state index contributed by atoms with van der Waals surface area (Å²) < 4.78 is 3.25. The van der Waals surface area contributed by atoms with Gasteiger partial charge in [-0.2, -0.15) is 0 Å². The lowest BCUT2D eigenvalue weighted by molar-refractivity contribution is 0.861. The van der Waals surface area contributed by atoms with E-state index in [4.69, 9.17) is 0 Å². The number of aromatic nitrogens is 2. The number of hydrogen-bond donors (Lipinski definition) is 1. The maximum absolute atomic E-state index is 4.57. The molecule has 3 nitrogen and oxygen atoms in total. The summed E-state index contributed by atoms with van der Waals surface area (Å²) >= 11 is 3.53. The molecule has 0 spiro atoms. The lowest BCUT2D eigenvalue weighted by Gasteiger charge is -2.15. The SMILES string of the molecule is CCc1cc(Br)ccc1-n1cc(C)nc1NC(C)C. The number of nitrogens with one attached hydrogen (secondary N) is 1. The van der Waals surface area contributed by atoms with Crippen molar-refractivity contribution in [3.05, 3.63) is 40.1 Å². The molecule has 0 fully saturated rings. The summed E-state index contributed by atoms with van der Waals surface area (Å²) in [5, 5.41) is 3.40. The van der Waals surface area contributed by atoms with Gasteiger partial charge in [0.15, 0.2) is 0 Å². The van der Waals surface area contributed by atoms with Crippen LogP contribution in [0.15, 0.2) is 28.9 Å². The first kappa shape index (κ1) is 14.1. The molecule has 0 aliphatic rings. The second-order valence-corrected chi connectivity index (χ2v) is 5.92. The minimum atomic E-state index is 0.362. The number of imidazole rings is 1. The minimum absolute atomic E-state index is 0.362. The van der Waals surface area contributed by atoms with E-state index in [1.807, 2.05) is 6.92 Å². The number of aryl methyl sites for hydroxylation is 2. The van der Waals surface area contributed by atoms with Crippen molar-refractivity contribution in [2.45, 2.75) is 40.2 Å². The molecule has 0 radical (unpaired) electrons. The first-order chi connectivity index (χ1) is 9.01. The molecule has 2 rings (SSSR count). The van der Waals surface area contributed by atoms with Crippen LogP contribution < -0.4 is 5.32 Å². The lowest BCUT2D eigenvalue weighted by Crippen LogP contribution is -2.14. The van der Waals surface area contributed by atoms with Gasteiger partial charge in [-0.15, -0.1) is 0 Å². The van der Waals surface area contributed by atoms with E-state index in [1.165, 1.54) is 11.3 Å². The third-order valence-corrected chi connectivity index (χ3v) is 3.42. The van der Waals surface area contributed by atoms with E-state index < -0.39 is 0 Å². The van der Waals surface area contributed by atoms with Gasteiger partial charge in [0, 0.05) is 16.7 Å². The van der Waals surface area contributed by atoms with E-state index >= 15 is 0 Å². The van der Waals surface area contributed by atoms with Crippen molar-refractivity contribution in [2.24, 2.45) is 0 Å². The molecule has 0 bridgehead atoms. The molecule has 0 atom stereocenters. The first-order valence-electron chi connectivity index (χ1n) is 6.62. The van der Waals surface area contributed by atoms with Gasteiger partial charge in [0.25, 0.3) is 0 Å². The molecule has 1 aromatic carbocycles. The van der Waals surface area contributed by atoms with Crippen LogP contribution in [0.25, 0.3) is 5.69 Å². The molecule has 0 unspecified atom stereocenters. The molecular weight excluding hydrogens is 302 g/mol. The highest BCUT2D eigenvalue weighted by Gasteiger charge is 2.11. The van der Waals surface area contributed by atoms with Gasteiger partial charge < -0.3 is 5.32 Å². The van der Waals surface area contributed by atoms with Crippen LogP contribution in [0.4, 0.5) is 5.95 Å². The molecule has 0 amide bonds. The zero-order valence-electron chi connectivity index (χ0n) is 11.9. The van der Waals surface area contributed by atoms with Crippen molar-refractivity contribution in [3.63, 3.8) is 0 Å². The van der Waals surface area contributed by atoms with Crippen LogP contribution in [0.2, 0.25) is 0 Å². The Balaban J connectivity index is 2.52. The van der Waals surface area contributed by atoms with Crippen LogP contribution in [0.3, 0.4) is 0 Å². The number of hydrogen-bond acceptors (Lipinski definition) is 2. The Hall–Kier alpha value is -1.29. The van der Waals surface area contributed by atoms with E-state index in [0.29, 0.717) is 6.04 Å². The Morgan fingerprint density at radius 1 is 1.37 bits per heavy atom. The van der Waals surface area contributed by atoms with E-state index in [2.05, 4.69) is 76.0 Å². The van der Waals surface area contributed by atoms with Crippen LogP contribution in [-0.2, 0) is 6.42 Å². The molecule has 0 aliphatic heterocycles. The van der Waals surface area contributed by atoms with Gasteiger partial charge in [-0.3, -0.25) is 4.57 Å². The van der Waals surface area contributed by atoms with Crippen LogP contribution in [0.5, 0.6) is 0 Å². The van der Waals surface area contributed by atoms with Crippen molar-refractivity contribution >= 4 is 21.9 Å². The molecular formula is C15H20BrN3. The molecule has 1 N–H and O–H groups in total. The Bertz CT molecular complexity index is 573. The van der Waals surface area contributed by atoms with Crippen LogP contribution >= 0.6 is 15.9 Å². The number of rotatable bonds is 4. The second-order valence-electron chi connectivity index (χ2n) is 5.00. The monoisotopic (exact) mass is 321 g/mol. The quantitative estimate of drug-likeness (QED) is 0.908. The Labute approximate surface area is 123 Å². The average Bonchev–Trinajstić information content (AvgIpc) is 2.69. The number of benzene rings is 1. The molecule has 1 heterocycles. The third-order valence-electron chi connectivity index (χ3n) is 2.93. The molecule has 1 aromatic heterocycles. The minimum Gasteiger partial charge on any atom is -0.353 e. The van der Waals surface area contributed by atoms with Crippen molar-refractivity contribution < 1.29 is 0 Å². The third kappa shape index (κ3) is 3.18. The summed E-state index contributed by atoms with van der Waals surface area (Å²) in [6, 6.07) is 6.74. The fraction of sp³-hybridized carbons (Fsp3) is 0.400. The molecule has 102 valence electrons. The van der Waals surface area contributed by atoms with Gasteiger partial charge in [-0.25, -0.2) is 4.98 Å². The van der Waals surface area contributed by atoms with Gasteiger partial charge in [-0.05, 0) is 51.0 Å². The number of nitrogens with zero attached hydrogens (tertiary/aromatic N) is 2. The Morgan fingerprint density at radius 3 is 2.74 bits per heavy atom. The fourth-order valence-electron chi connectivity index (χ4n) is 2.11. The highest BCUT2D eigenvalue weighted by Crippen LogP contribution is 2.24. The molecule has 0 saturated heterocycles. The van der Waals surface area contributed by atoms with Gasteiger partial charge >= 0.3 is 0 Å². The predicted molar refractivity (Wildman–Crippen MR) is 84.1 cm³/mol. The molecule has 19 heavy (non-hydrogen) atoms. The van der Waals surface area contributed by atoms with Crippen molar-refractivity contribution in [3.8, 4) is 5.69 Å². The molecule has 0 aliphatic carbocycles. The van der Waals surface area contributed by atoms with E-state index in [-0.39, 0.29) is 0 Å². The number of halogens is 1. The summed E-state index contributed by atoms with van der Waals surface area (Å²) in [5.41, 5.74) is 3.51. The average molecular weight is 322 g/mol. The number of anilines is 1. The maximum atomic E-state index is 4.57. The van der Waals surface area contributed by atoms with E-state index in [0.717, 1.165) is 22.5 Å². The smallest absolute Gasteiger partial charge is 0.207 e. The molecule has 2 aromatic rings. The summed E-state index contributed by atoms with van der Waals surface area (Å²) in [6.07, 6.45) is 3.07. The topological polar surface area (TPSA) is 29.9 Å². The highest BCUT2D eigenvalue weighted by molar-refractivity contribution is 9.10. The normalized spacial score (nSPS) is 11.1. The largest absolute Gasteiger partial charge is 0.353 e. The van der Waals surface area contributed by atoms with Gasteiger partial charge in [0.1, 0.15) is 0 Å². The summed E-state index contributed by atoms with van der Waals surface area (Å²) in [4.78, 5) is 4.57. The molecule has 0 saturated carbocycles. The predicted octanol–water partition coefficient (Wildman–Crippen LogP) is 4.33. The summed E-state index contributed by atoms with van der Waals surface area (Å²) in [5.74, 6) is 0.907. The van der Waals surface area contributed by atoms with Crippen LogP contribution in [0.1, 0.15) is 32.0 Å². The Morgan fingerprint density at radius 2 is 2.11 bits per heavy atom. The zero-order valence-corrected chi connectivity index (χ0v) is 13.5. The molecule has 4 heteroatoms. The first-order valence-corrected chi connectivity index (χ1v) is 7.42. The Kier molecular flexibility index (Phi) is 4.30. The van der Waals surface area contributed by atoms with E-state index in [9.17, 15) is 0 Å². The van der Waals surface area contributed by atoms with Gasteiger partial charge in [-0.1, -0.05) is 22.9 Å². The zero-order chi connectivity index (χ0) is 14.0. The van der Waals surface area contributed by atoms with Crippen LogP contribution in [0, 0.1) is 6.92 Å². The van der Waals surface area contributed by atoms with Crippen LogP contribution in [-0.4, -0.2) is 15.6 Å². The summed E-state index contributed by atoms with van der Waals surface area (Å²) in [6.45, 7) is 8.43. The van der Waals surface area contributed by atoms with Crippen molar-refractivity contribution in [2.75, 3.05) is 5.32 Å².